The van der Waals surface area contributed by atoms with Gasteiger partial charge in [-0.15, -0.1) is 0 Å². The summed E-state index contributed by atoms with van der Waals surface area (Å²) < 4.78 is 0. The molecule has 0 saturated carbocycles. The predicted molar refractivity (Wildman–Crippen MR) is 47.5 cm³/mol. The monoisotopic (exact) mass is 153 g/mol. The fourth-order valence-electron chi connectivity index (χ4n) is 2.83. The Kier molecular flexibility index (Phi) is 1.92. The Morgan fingerprint density at radius 2 is 2.09 bits per heavy atom. The summed E-state index contributed by atoms with van der Waals surface area (Å²) in [6, 6.07) is 0.943. The maximum absolute atomic E-state index is 2.71. The molecular weight excluding hydrogens is 134 g/mol. The first-order valence-electron chi connectivity index (χ1n) is 5.01. The van der Waals surface area contributed by atoms with Crippen molar-refractivity contribution in [2.24, 2.45) is 11.8 Å². The van der Waals surface area contributed by atoms with Gasteiger partial charge in [0.1, 0.15) is 0 Å². The molecule has 11 heavy (non-hydrogen) atoms. The van der Waals surface area contributed by atoms with Gasteiger partial charge in [0.15, 0.2) is 0 Å². The quantitative estimate of drug-likeness (QED) is 0.515. The van der Waals surface area contributed by atoms with Crippen molar-refractivity contribution in [3.63, 3.8) is 0 Å². The molecule has 1 heteroatoms. The van der Waals surface area contributed by atoms with E-state index in [0.717, 1.165) is 17.9 Å². The smallest absolute Gasteiger partial charge is 0.0124 e. The van der Waals surface area contributed by atoms with Gasteiger partial charge >= 0.3 is 0 Å². The number of nitrogens with zero attached hydrogens (tertiary/aromatic N) is 1. The average Bonchev–Trinajstić information content (AvgIpc) is 2.31. The van der Waals surface area contributed by atoms with Crippen molar-refractivity contribution in [3.8, 4) is 0 Å². The Labute approximate surface area is 69.8 Å². The lowest BCUT2D eigenvalue weighted by molar-refractivity contribution is 0.144. The van der Waals surface area contributed by atoms with Gasteiger partial charge in [-0.1, -0.05) is 13.8 Å². The van der Waals surface area contributed by atoms with Crippen molar-refractivity contribution < 1.29 is 0 Å². The highest BCUT2D eigenvalue weighted by molar-refractivity contribution is 4.89. The van der Waals surface area contributed by atoms with Gasteiger partial charge in [0.25, 0.3) is 0 Å². The molecule has 0 N–H and O–H groups in total. The molecule has 2 aliphatic heterocycles. The zero-order valence-corrected chi connectivity index (χ0v) is 7.71. The minimum absolute atomic E-state index is 0.943. The summed E-state index contributed by atoms with van der Waals surface area (Å²) >= 11 is 0. The van der Waals surface area contributed by atoms with Crippen molar-refractivity contribution in [2.45, 2.75) is 39.2 Å². The highest BCUT2D eigenvalue weighted by Crippen LogP contribution is 2.33. The van der Waals surface area contributed by atoms with Crippen LogP contribution in [0.2, 0.25) is 0 Å². The molecule has 2 saturated heterocycles. The molecule has 2 rings (SSSR count). The van der Waals surface area contributed by atoms with Crippen LogP contribution in [-0.4, -0.2) is 24.0 Å². The fourth-order valence-corrected chi connectivity index (χ4v) is 2.83. The largest absolute Gasteiger partial charge is 0.300 e. The van der Waals surface area contributed by atoms with E-state index in [1.165, 1.54) is 32.4 Å². The minimum atomic E-state index is 0.943. The van der Waals surface area contributed by atoms with E-state index < -0.39 is 0 Å². The summed E-state index contributed by atoms with van der Waals surface area (Å²) in [5, 5.41) is 0. The molecule has 2 heterocycles. The summed E-state index contributed by atoms with van der Waals surface area (Å²) in [6.45, 7) is 7.56. The van der Waals surface area contributed by atoms with Crippen molar-refractivity contribution in [1.29, 1.82) is 0 Å². The van der Waals surface area contributed by atoms with Gasteiger partial charge in [0, 0.05) is 12.6 Å². The first kappa shape index (κ1) is 7.60. The second-order valence-corrected chi connectivity index (χ2v) is 4.52. The maximum Gasteiger partial charge on any atom is 0.0124 e. The fraction of sp³-hybridized carbons (Fsp3) is 1.00. The van der Waals surface area contributed by atoms with E-state index in [2.05, 4.69) is 18.7 Å². The number of rotatable bonds is 0. The summed E-state index contributed by atoms with van der Waals surface area (Å²) in [5.41, 5.74) is 0. The van der Waals surface area contributed by atoms with Gasteiger partial charge in [0.05, 0.1) is 0 Å². The van der Waals surface area contributed by atoms with Gasteiger partial charge < -0.3 is 0 Å². The zero-order chi connectivity index (χ0) is 7.84. The Hall–Kier alpha value is -0.0400. The van der Waals surface area contributed by atoms with Crippen LogP contribution in [0.1, 0.15) is 33.1 Å². The van der Waals surface area contributed by atoms with Gasteiger partial charge in [-0.3, -0.25) is 4.90 Å². The minimum Gasteiger partial charge on any atom is -0.300 e. The van der Waals surface area contributed by atoms with Crippen LogP contribution >= 0.6 is 0 Å². The van der Waals surface area contributed by atoms with Crippen molar-refractivity contribution in [2.75, 3.05) is 13.1 Å². The molecule has 0 bridgehead atoms. The van der Waals surface area contributed by atoms with E-state index in [1.54, 1.807) is 0 Å². The summed E-state index contributed by atoms with van der Waals surface area (Å²) in [7, 11) is 0. The molecule has 0 aromatic rings. The molecule has 2 fully saturated rings. The zero-order valence-electron chi connectivity index (χ0n) is 7.71. The molecule has 0 aliphatic carbocycles. The van der Waals surface area contributed by atoms with Crippen LogP contribution in [0.25, 0.3) is 0 Å². The van der Waals surface area contributed by atoms with Gasteiger partial charge in [-0.25, -0.2) is 0 Å². The highest BCUT2D eigenvalue weighted by Gasteiger charge is 2.35. The normalized spacial score (nSPS) is 45.8. The third kappa shape index (κ3) is 1.31. The molecular formula is C10H19N. The second-order valence-electron chi connectivity index (χ2n) is 4.52. The number of fused-ring (bicyclic) bond motifs is 1. The molecule has 3 unspecified atom stereocenters. The van der Waals surface area contributed by atoms with E-state index in [4.69, 9.17) is 0 Å². The van der Waals surface area contributed by atoms with Crippen LogP contribution in [-0.2, 0) is 0 Å². The van der Waals surface area contributed by atoms with Crippen LogP contribution in [0.3, 0.4) is 0 Å². The van der Waals surface area contributed by atoms with Crippen LogP contribution in [0.15, 0.2) is 0 Å². The molecule has 0 aromatic carbocycles. The van der Waals surface area contributed by atoms with E-state index >= 15 is 0 Å². The van der Waals surface area contributed by atoms with Crippen LogP contribution in [0.5, 0.6) is 0 Å². The lowest BCUT2D eigenvalue weighted by Gasteiger charge is -2.34. The number of hydrogen-bond donors (Lipinski definition) is 0. The molecule has 0 aromatic heterocycles. The third-order valence-electron chi connectivity index (χ3n) is 3.42. The third-order valence-corrected chi connectivity index (χ3v) is 3.42. The number of piperidine rings is 1. The maximum atomic E-state index is 2.71. The standard InChI is InChI=1S/C10H19N/c1-8-6-10-9(2)4-3-5-11(10)7-8/h8-10H,3-7H2,1-2H3. The summed E-state index contributed by atoms with van der Waals surface area (Å²) in [5.74, 6) is 1.93. The summed E-state index contributed by atoms with van der Waals surface area (Å²) in [4.78, 5) is 2.71. The first-order chi connectivity index (χ1) is 5.27. The first-order valence-corrected chi connectivity index (χ1v) is 5.01. The highest BCUT2D eigenvalue weighted by atomic mass is 15.2. The lowest BCUT2D eigenvalue weighted by atomic mass is 9.90. The predicted octanol–water partition coefficient (Wildman–Crippen LogP) is 2.13. The van der Waals surface area contributed by atoms with Crippen molar-refractivity contribution >= 4 is 0 Å². The molecule has 64 valence electrons. The van der Waals surface area contributed by atoms with Gasteiger partial charge in [-0.2, -0.15) is 0 Å². The van der Waals surface area contributed by atoms with E-state index in [-0.39, 0.29) is 0 Å². The topological polar surface area (TPSA) is 3.24 Å². The van der Waals surface area contributed by atoms with Crippen LogP contribution in [0, 0.1) is 11.8 Å². The number of hydrogen-bond acceptors (Lipinski definition) is 1. The Bertz CT molecular complexity index is 144. The van der Waals surface area contributed by atoms with E-state index in [0.29, 0.717) is 0 Å². The SMILES string of the molecule is CC1CC2C(C)CCCN2C1. The summed E-state index contributed by atoms with van der Waals surface area (Å²) in [6.07, 6.45) is 4.36. The molecule has 1 nitrogen and oxygen atoms in total. The van der Waals surface area contributed by atoms with Gasteiger partial charge in [0.2, 0.25) is 0 Å². The van der Waals surface area contributed by atoms with Crippen LogP contribution in [0.4, 0.5) is 0 Å². The average molecular weight is 153 g/mol. The van der Waals surface area contributed by atoms with Crippen LogP contribution < -0.4 is 0 Å². The van der Waals surface area contributed by atoms with E-state index in [1.807, 2.05) is 0 Å². The van der Waals surface area contributed by atoms with Gasteiger partial charge in [-0.05, 0) is 37.6 Å². The van der Waals surface area contributed by atoms with E-state index in [9.17, 15) is 0 Å². The second kappa shape index (κ2) is 2.78. The van der Waals surface area contributed by atoms with Crippen molar-refractivity contribution in [1.82, 2.24) is 4.90 Å². The Morgan fingerprint density at radius 3 is 2.82 bits per heavy atom. The molecule has 2 aliphatic rings. The van der Waals surface area contributed by atoms with Crippen molar-refractivity contribution in [3.05, 3.63) is 0 Å². The molecule has 0 amide bonds. The molecule has 3 atom stereocenters. The Morgan fingerprint density at radius 1 is 1.27 bits per heavy atom. The lowest BCUT2D eigenvalue weighted by Crippen LogP contribution is -2.39. The molecule has 0 spiro atoms. The Balaban J connectivity index is 2.03. The molecule has 0 radical (unpaired) electrons.